The molecule has 2 amide bonds. The first-order valence-electron chi connectivity index (χ1n) is 12.6. The Hall–Kier alpha value is -2.45. The van der Waals surface area contributed by atoms with Crippen molar-refractivity contribution >= 4 is 23.3 Å². The predicted octanol–water partition coefficient (Wildman–Crippen LogP) is 1.93. The largest absolute Gasteiger partial charge is 0.369 e. The molecule has 8 nitrogen and oxygen atoms in total. The lowest BCUT2D eigenvalue weighted by molar-refractivity contribution is -0.138. The lowest BCUT2D eigenvalue weighted by atomic mass is 10.0. The number of amides is 2. The number of nitrogens with one attached hydrogen (secondary N) is 1. The van der Waals surface area contributed by atoms with Crippen molar-refractivity contribution in [3.63, 3.8) is 0 Å². The Labute approximate surface area is 202 Å². The number of rotatable bonds is 7. The van der Waals surface area contributed by atoms with Gasteiger partial charge in [0.25, 0.3) is 5.91 Å². The van der Waals surface area contributed by atoms with Crippen molar-refractivity contribution in [2.75, 3.05) is 44.2 Å². The molecule has 0 unspecified atom stereocenters. The molecule has 1 N–H and O–H groups in total. The van der Waals surface area contributed by atoms with Crippen LogP contribution in [0.25, 0.3) is 0 Å². The van der Waals surface area contributed by atoms with Crippen LogP contribution in [0.5, 0.6) is 0 Å². The van der Waals surface area contributed by atoms with Gasteiger partial charge in [-0.3, -0.25) is 19.3 Å². The molecule has 3 aliphatic rings. The van der Waals surface area contributed by atoms with Gasteiger partial charge in [-0.2, -0.15) is 0 Å². The summed E-state index contributed by atoms with van der Waals surface area (Å²) in [6.45, 7) is 13.1. The van der Waals surface area contributed by atoms with Gasteiger partial charge in [-0.05, 0) is 56.9 Å². The van der Waals surface area contributed by atoms with Gasteiger partial charge in [-0.1, -0.05) is 13.8 Å². The van der Waals surface area contributed by atoms with E-state index < -0.39 is 12.1 Å². The molecule has 186 valence electrons. The minimum absolute atomic E-state index is 0.0460. The number of nitrogens with zero attached hydrogens (tertiary/aromatic N) is 3. The number of ether oxygens (including phenoxy) is 1. The van der Waals surface area contributed by atoms with E-state index in [1.807, 2.05) is 38.1 Å². The summed E-state index contributed by atoms with van der Waals surface area (Å²) in [5, 5.41) is 2.95. The number of anilines is 1. The molecule has 1 aromatic carbocycles. The van der Waals surface area contributed by atoms with E-state index in [1.165, 1.54) is 0 Å². The standard InChI is InChI=1S/C26H38N4O4/c1-17(2)15-21(26(33)30-10-9-23-24(30)22(31)16-34-23)27-25(32)19-5-7-20(8-6-19)29-13-11-28(12-14-29)18(3)4/h5-8,17-18,21,23-24H,9-16H2,1-4H3,(H,27,32)/t21-,23+,24+/m0/s1. The van der Waals surface area contributed by atoms with Crippen LogP contribution in [-0.2, 0) is 14.3 Å². The second-order valence-electron chi connectivity index (χ2n) is 10.4. The van der Waals surface area contributed by atoms with Gasteiger partial charge in [0.1, 0.15) is 18.7 Å². The minimum Gasteiger partial charge on any atom is -0.369 e. The molecule has 8 heteroatoms. The van der Waals surface area contributed by atoms with Gasteiger partial charge in [0.05, 0.1) is 6.10 Å². The van der Waals surface area contributed by atoms with E-state index in [0.29, 0.717) is 31.0 Å². The number of benzene rings is 1. The molecule has 0 spiro atoms. The van der Waals surface area contributed by atoms with Gasteiger partial charge < -0.3 is 19.9 Å². The SMILES string of the molecule is CC(C)C[C@H](NC(=O)c1ccc(N2CCN(C(C)C)CC2)cc1)C(=O)N1CC[C@H]2OCC(=O)[C@H]21. The van der Waals surface area contributed by atoms with Crippen molar-refractivity contribution in [3.05, 3.63) is 29.8 Å². The third-order valence-electron chi connectivity index (χ3n) is 7.24. The fourth-order valence-corrected chi connectivity index (χ4v) is 5.30. The smallest absolute Gasteiger partial charge is 0.251 e. The van der Waals surface area contributed by atoms with Crippen LogP contribution in [-0.4, -0.2) is 91.0 Å². The Bertz CT molecular complexity index is 893. The number of hydrogen-bond donors (Lipinski definition) is 1. The van der Waals surface area contributed by atoms with Crippen molar-refractivity contribution in [2.45, 2.75) is 64.8 Å². The van der Waals surface area contributed by atoms with Crippen LogP contribution in [0.1, 0.15) is 50.9 Å². The number of likely N-dealkylation sites (tertiary alicyclic amines) is 1. The second kappa shape index (κ2) is 10.4. The van der Waals surface area contributed by atoms with Crippen LogP contribution in [0.2, 0.25) is 0 Å². The molecule has 3 aliphatic heterocycles. The third kappa shape index (κ3) is 5.28. The monoisotopic (exact) mass is 470 g/mol. The van der Waals surface area contributed by atoms with Gasteiger partial charge in [-0.25, -0.2) is 0 Å². The number of carbonyl (C=O) groups excluding carboxylic acids is 3. The summed E-state index contributed by atoms with van der Waals surface area (Å²) in [7, 11) is 0. The van der Waals surface area contributed by atoms with Crippen molar-refractivity contribution in [2.24, 2.45) is 5.92 Å². The van der Waals surface area contributed by atoms with E-state index in [4.69, 9.17) is 4.74 Å². The zero-order chi connectivity index (χ0) is 24.4. The highest BCUT2D eigenvalue weighted by Gasteiger charge is 2.48. The third-order valence-corrected chi connectivity index (χ3v) is 7.24. The minimum atomic E-state index is -0.663. The van der Waals surface area contributed by atoms with E-state index >= 15 is 0 Å². The Morgan fingerprint density at radius 3 is 2.32 bits per heavy atom. The summed E-state index contributed by atoms with van der Waals surface area (Å²) >= 11 is 0. The number of fused-ring (bicyclic) bond motifs is 1. The highest BCUT2D eigenvalue weighted by molar-refractivity contribution is 5.99. The first-order chi connectivity index (χ1) is 16.2. The van der Waals surface area contributed by atoms with Crippen molar-refractivity contribution in [1.82, 2.24) is 15.1 Å². The lowest BCUT2D eigenvalue weighted by Gasteiger charge is -2.38. The number of hydrogen-bond acceptors (Lipinski definition) is 6. The number of piperazine rings is 1. The number of carbonyl (C=O) groups is 3. The fourth-order valence-electron chi connectivity index (χ4n) is 5.30. The molecule has 0 saturated carbocycles. The molecule has 0 aromatic heterocycles. The number of Topliss-reactive ketones (excluding diaryl/α,β-unsaturated/α-hetero) is 1. The molecule has 0 bridgehead atoms. The molecular formula is C26H38N4O4. The fraction of sp³-hybridized carbons (Fsp3) is 0.654. The maximum Gasteiger partial charge on any atom is 0.251 e. The summed E-state index contributed by atoms with van der Waals surface area (Å²) in [4.78, 5) is 45.1. The van der Waals surface area contributed by atoms with Gasteiger partial charge in [0, 0.05) is 50.0 Å². The van der Waals surface area contributed by atoms with E-state index in [1.54, 1.807) is 4.90 Å². The zero-order valence-electron chi connectivity index (χ0n) is 20.8. The van der Waals surface area contributed by atoms with E-state index in [-0.39, 0.29) is 36.2 Å². The Morgan fingerprint density at radius 1 is 1.03 bits per heavy atom. The molecule has 3 saturated heterocycles. The van der Waals surface area contributed by atoms with Gasteiger partial charge >= 0.3 is 0 Å². The quantitative estimate of drug-likeness (QED) is 0.656. The molecule has 0 radical (unpaired) electrons. The molecule has 3 fully saturated rings. The predicted molar refractivity (Wildman–Crippen MR) is 131 cm³/mol. The summed E-state index contributed by atoms with van der Waals surface area (Å²) < 4.78 is 5.52. The lowest BCUT2D eigenvalue weighted by Crippen LogP contribution is -2.52. The average molecular weight is 471 g/mol. The summed E-state index contributed by atoms with van der Waals surface area (Å²) in [6, 6.07) is 7.02. The van der Waals surface area contributed by atoms with E-state index in [2.05, 4.69) is 29.0 Å². The highest BCUT2D eigenvalue weighted by Crippen LogP contribution is 2.28. The summed E-state index contributed by atoms with van der Waals surface area (Å²) in [5.74, 6) is -0.279. The highest BCUT2D eigenvalue weighted by atomic mass is 16.5. The normalized spacial score (nSPS) is 24.1. The Balaban J connectivity index is 1.40. The van der Waals surface area contributed by atoms with Gasteiger partial charge in [0.15, 0.2) is 5.78 Å². The van der Waals surface area contributed by atoms with Crippen LogP contribution < -0.4 is 10.2 Å². The van der Waals surface area contributed by atoms with E-state index in [0.717, 1.165) is 31.9 Å². The topological polar surface area (TPSA) is 82.2 Å². The van der Waals surface area contributed by atoms with Crippen LogP contribution in [0.4, 0.5) is 5.69 Å². The molecule has 1 aromatic rings. The van der Waals surface area contributed by atoms with Crippen LogP contribution in [0, 0.1) is 5.92 Å². The first-order valence-corrected chi connectivity index (χ1v) is 12.6. The van der Waals surface area contributed by atoms with Gasteiger partial charge in [0.2, 0.25) is 5.91 Å². The molecule has 3 heterocycles. The molecular weight excluding hydrogens is 432 g/mol. The Morgan fingerprint density at radius 2 is 1.71 bits per heavy atom. The maximum atomic E-state index is 13.4. The van der Waals surface area contributed by atoms with Crippen molar-refractivity contribution < 1.29 is 19.1 Å². The summed E-state index contributed by atoms with van der Waals surface area (Å²) in [5.41, 5.74) is 1.64. The van der Waals surface area contributed by atoms with Gasteiger partial charge in [-0.15, -0.1) is 0 Å². The molecule has 34 heavy (non-hydrogen) atoms. The van der Waals surface area contributed by atoms with Crippen molar-refractivity contribution in [3.8, 4) is 0 Å². The Kier molecular flexibility index (Phi) is 7.57. The summed E-state index contributed by atoms with van der Waals surface area (Å²) in [6.07, 6.45) is 0.977. The molecule has 0 aliphatic carbocycles. The van der Waals surface area contributed by atoms with Crippen LogP contribution in [0.3, 0.4) is 0 Å². The van der Waals surface area contributed by atoms with Crippen LogP contribution in [0.15, 0.2) is 24.3 Å². The zero-order valence-corrected chi connectivity index (χ0v) is 20.8. The number of ketones is 1. The average Bonchev–Trinajstić information content (AvgIpc) is 3.41. The molecule has 3 atom stereocenters. The van der Waals surface area contributed by atoms with Crippen LogP contribution >= 0.6 is 0 Å². The second-order valence-corrected chi connectivity index (χ2v) is 10.4. The maximum absolute atomic E-state index is 13.4. The van der Waals surface area contributed by atoms with E-state index in [9.17, 15) is 14.4 Å². The van der Waals surface area contributed by atoms with Crippen molar-refractivity contribution in [1.29, 1.82) is 0 Å². The first kappa shape index (κ1) is 24.7. The molecule has 4 rings (SSSR count).